The first-order chi connectivity index (χ1) is 22.4. The summed E-state index contributed by atoms with van der Waals surface area (Å²) in [7, 11) is -16.1. The van der Waals surface area contributed by atoms with Crippen LogP contribution >= 0.6 is 23.5 Å². The van der Waals surface area contributed by atoms with E-state index in [1.54, 1.807) is 4.90 Å². The average Bonchev–Trinajstić information content (AvgIpc) is 3.64. The Bertz CT molecular complexity index is 1300. The van der Waals surface area contributed by atoms with Crippen LogP contribution in [0.4, 0.5) is 0 Å². The number of hydrogen-bond acceptors (Lipinski definition) is 19. The molecule has 27 heteroatoms. The van der Waals surface area contributed by atoms with Gasteiger partial charge in [0, 0.05) is 19.8 Å². The molecule has 0 radical (unpaired) electrons. The Morgan fingerprint density at radius 2 is 1.52 bits per heavy atom. The molecule has 0 saturated carbocycles. The van der Waals surface area contributed by atoms with Crippen molar-refractivity contribution in [1.82, 2.24) is 25.8 Å². The molecule has 6 unspecified atom stereocenters. The van der Waals surface area contributed by atoms with Crippen LogP contribution in [-0.4, -0.2) is 158 Å². The van der Waals surface area contributed by atoms with Gasteiger partial charge in [0.2, 0.25) is 5.91 Å². The van der Waals surface area contributed by atoms with Crippen LogP contribution < -0.4 is 27.4 Å². The zero-order valence-corrected chi connectivity index (χ0v) is 27.9. The number of phosphoric ester groups is 3. The monoisotopic (exact) mass is 757 g/mol. The third-order valence-electron chi connectivity index (χ3n) is 8.70. The van der Waals surface area contributed by atoms with E-state index in [1.807, 2.05) is 0 Å². The highest BCUT2D eigenvalue weighted by atomic mass is 31.3. The van der Waals surface area contributed by atoms with Gasteiger partial charge in [-0.2, -0.15) is 4.31 Å². The summed E-state index contributed by atoms with van der Waals surface area (Å²) in [5.74, 6) is -1.04. The minimum atomic E-state index is -5.46. The third kappa shape index (κ3) is 9.06. The Morgan fingerprint density at radius 1 is 0.896 bits per heavy atom. The molecule has 5 heterocycles. The molecule has 0 aromatic rings. The van der Waals surface area contributed by atoms with Gasteiger partial charge in [0.25, 0.3) is 0 Å². The lowest BCUT2D eigenvalue weighted by Gasteiger charge is -2.39. The maximum atomic E-state index is 12.6. The molecule has 14 N–H and O–H groups in total. The number of fused-ring (bicyclic) bond motifs is 1. The second-order valence-electron chi connectivity index (χ2n) is 12.0. The van der Waals surface area contributed by atoms with E-state index in [4.69, 9.17) is 34.5 Å². The molecule has 0 aliphatic carbocycles. The summed E-state index contributed by atoms with van der Waals surface area (Å²) < 4.78 is 66.8. The molecule has 0 bridgehead atoms. The summed E-state index contributed by atoms with van der Waals surface area (Å²) in [4.78, 5) is 53.9. The summed E-state index contributed by atoms with van der Waals surface area (Å²) in [6.07, 6.45) is -12.0. The van der Waals surface area contributed by atoms with Gasteiger partial charge >= 0.3 is 23.5 Å². The summed E-state index contributed by atoms with van der Waals surface area (Å²) in [5.41, 5.74) is 11.4. The number of likely N-dealkylation sites (tertiary alicyclic amines) is 1. The number of nitrogens with zero attached hydrogens (tertiary/aromatic N) is 2. The molecule has 5 fully saturated rings. The van der Waals surface area contributed by atoms with E-state index in [9.17, 15) is 53.4 Å². The number of amides is 1. The number of rotatable bonds is 13. The fourth-order valence-electron chi connectivity index (χ4n) is 6.40. The van der Waals surface area contributed by atoms with Crippen molar-refractivity contribution in [3.63, 3.8) is 0 Å². The zero-order chi connectivity index (χ0) is 35.2. The number of hydrogen-bond donors (Lipinski definition) is 12. The van der Waals surface area contributed by atoms with Crippen molar-refractivity contribution in [1.29, 1.82) is 0 Å². The average molecular weight is 758 g/mol. The Balaban J connectivity index is 1.15. The smallest absolute Gasteiger partial charge is 0.387 e. The molecule has 0 spiro atoms. The van der Waals surface area contributed by atoms with E-state index in [0.29, 0.717) is 19.4 Å². The lowest BCUT2D eigenvalue weighted by molar-refractivity contribution is -0.131. The molecular formula is C21H42N7O17P3. The summed E-state index contributed by atoms with van der Waals surface area (Å²) >= 11 is 0. The predicted molar refractivity (Wildman–Crippen MR) is 155 cm³/mol. The zero-order valence-electron chi connectivity index (χ0n) is 25.2. The Hall–Kier alpha value is -0.600. The Labute approximate surface area is 273 Å². The molecular weight excluding hydrogens is 715 g/mol. The number of aliphatic hydroxyl groups is 3. The van der Waals surface area contributed by atoms with Crippen LogP contribution in [0.3, 0.4) is 0 Å². The van der Waals surface area contributed by atoms with Crippen LogP contribution in [0.15, 0.2) is 0 Å². The number of ether oxygens (including phenoxy) is 2. The summed E-state index contributed by atoms with van der Waals surface area (Å²) in [6, 6.07) is -0.390. The third-order valence-corrected chi connectivity index (χ3v) is 11.8. The Kier molecular flexibility index (Phi) is 12.2. The van der Waals surface area contributed by atoms with Crippen molar-refractivity contribution < 1.29 is 80.7 Å². The van der Waals surface area contributed by atoms with Crippen molar-refractivity contribution in [2.45, 2.75) is 80.3 Å². The molecule has 24 nitrogen and oxygen atoms in total. The van der Waals surface area contributed by atoms with E-state index in [-0.39, 0.29) is 25.9 Å². The van der Waals surface area contributed by atoms with Gasteiger partial charge < -0.3 is 55.8 Å². The van der Waals surface area contributed by atoms with E-state index >= 15 is 0 Å². The quantitative estimate of drug-likeness (QED) is 0.0779. The van der Waals surface area contributed by atoms with Crippen LogP contribution in [0, 0.1) is 5.92 Å². The van der Waals surface area contributed by atoms with E-state index in [1.165, 1.54) is 4.90 Å². The molecule has 14 atom stereocenters. The van der Waals surface area contributed by atoms with E-state index < -0.39 is 110 Å². The van der Waals surface area contributed by atoms with E-state index in [2.05, 4.69) is 20.3 Å². The molecule has 278 valence electrons. The van der Waals surface area contributed by atoms with Gasteiger partial charge in [-0.1, -0.05) is 0 Å². The SMILES string of the molecule is NC(=O)C1CCCN([C@@H]2O[C@H](COP(=O)(O)OP(=O)(O)OC[C@H]3O[C@H](N4CNC5C(N)NCNC54)[C@@H](OP(=O)(O)O)[C@H]3O)[C@@H](O)[C@H]2O)C1. The van der Waals surface area contributed by atoms with Gasteiger partial charge in [0.05, 0.1) is 44.2 Å². The van der Waals surface area contributed by atoms with Gasteiger partial charge in [0.1, 0.15) is 49.1 Å². The van der Waals surface area contributed by atoms with Crippen molar-refractivity contribution in [2.75, 3.05) is 39.6 Å². The number of phosphoric acid groups is 3. The molecule has 5 aliphatic rings. The first kappa shape index (κ1) is 38.6. The van der Waals surface area contributed by atoms with Crippen LogP contribution in [0.1, 0.15) is 12.8 Å². The first-order valence-corrected chi connectivity index (χ1v) is 19.4. The molecule has 0 aromatic heterocycles. The molecule has 48 heavy (non-hydrogen) atoms. The fourth-order valence-corrected chi connectivity index (χ4v) is 9.03. The molecule has 1 amide bonds. The summed E-state index contributed by atoms with van der Waals surface area (Å²) in [6.45, 7) is -0.986. The topological polar surface area (TPSA) is 360 Å². The van der Waals surface area contributed by atoms with Crippen molar-refractivity contribution in [3.8, 4) is 0 Å². The fraction of sp³-hybridized carbons (Fsp3) is 0.952. The lowest BCUT2D eigenvalue weighted by Crippen LogP contribution is -2.68. The number of primary amides is 1. The van der Waals surface area contributed by atoms with Crippen LogP contribution in [0.5, 0.6) is 0 Å². The van der Waals surface area contributed by atoms with Crippen LogP contribution in [-0.2, 0) is 45.8 Å². The molecule has 5 aliphatic heterocycles. The molecule has 0 aromatic carbocycles. The number of nitrogens with two attached hydrogens (primary N) is 2. The van der Waals surface area contributed by atoms with Gasteiger partial charge in [-0.25, -0.2) is 18.6 Å². The van der Waals surface area contributed by atoms with Crippen molar-refractivity contribution in [2.24, 2.45) is 17.4 Å². The normalized spacial score (nSPS) is 42.3. The largest absolute Gasteiger partial charge is 0.481 e. The Morgan fingerprint density at radius 3 is 2.15 bits per heavy atom. The molecule has 5 rings (SSSR count). The number of aliphatic hydroxyl groups excluding tert-OH is 3. The number of carbonyl (C=O) groups excluding carboxylic acids is 1. The van der Waals surface area contributed by atoms with Crippen LogP contribution in [0.2, 0.25) is 0 Å². The summed E-state index contributed by atoms with van der Waals surface area (Å²) in [5, 5.41) is 40.9. The highest BCUT2D eigenvalue weighted by Crippen LogP contribution is 2.61. The van der Waals surface area contributed by atoms with Crippen molar-refractivity contribution >= 4 is 29.4 Å². The maximum Gasteiger partial charge on any atom is 0.481 e. The second kappa shape index (κ2) is 15.2. The highest BCUT2D eigenvalue weighted by Gasteiger charge is 2.55. The first-order valence-electron chi connectivity index (χ1n) is 14.9. The second-order valence-corrected chi connectivity index (χ2v) is 16.2. The number of nitrogens with one attached hydrogen (secondary N) is 3. The number of carbonyl (C=O) groups is 1. The highest BCUT2D eigenvalue weighted by molar-refractivity contribution is 7.61. The van der Waals surface area contributed by atoms with Crippen LogP contribution in [0.25, 0.3) is 0 Å². The predicted octanol–water partition coefficient (Wildman–Crippen LogP) is -5.56. The lowest BCUT2D eigenvalue weighted by atomic mass is 9.96. The maximum absolute atomic E-state index is 12.6. The van der Waals surface area contributed by atoms with Gasteiger partial charge in [-0.3, -0.25) is 39.2 Å². The minimum absolute atomic E-state index is 0.0689. The minimum Gasteiger partial charge on any atom is -0.387 e. The number of piperidine rings is 1. The van der Waals surface area contributed by atoms with Gasteiger partial charge in [-0.05, 0) is 12.8 Å². The van der Waals surface area contributed by atoms with Gasteiger partial charge in [0.15, 0.2) is 0 Å². The van der Waals surface area contributed by atoms with Crippen molar-refractivity contribution in [3.05, 3.63) is 0 Å². The van der Waals surface area contributed by atoms with Gasteiger partial charge in [-0.15, -0.1) is 0 Å². The van der Waals surface area contributed by atoms with E-state index in [0.717, 1.165) is 0 Å². The molecule has 5 saturated heterocycles. The standard InChI is InChI=1S/C21H42N7O17P3/c22-17-12-19(25-7-24-17)28(8-26-12)21-16(44-46(33,34)35)14(30)11(43-21)6-41-48(38,39)45-47(36,37)40-5-10-13(29)15(31)20(42-10)27-3-1-2-9(4-27)18(23)32/h9-17,19-21,24-26,29-31H,1-8,22H2,(H2,23,32)(H,36,37)(H,38,39)(H2,33,34,35)/t9?,10-,11-,12?,13-,14+,15-,16+,17?,19?,20-,21+/m1/s1.